The lowest BCUT2D eigenvalue weighted by Crippen LogP contribution is -2.07. The molecule has 0 spiro atoms. The first-order valence-corrected chi connectivity index (χ1v) is 6.32. The minimum atomic E-state index is 0.746. The summed E-state index contributed by atoms with van der Waals surface area (Å²) in [6, 6.07) is 9.08. The lowest BCUT2D eigenvalue weighted by molar-refractivity contribution is 0.762. The van der Waals surface area contributed by atoms with E-state index < -0.39 is 0 Å². The lowest BCUT2D eigenvalue weighted by Gasteiger charge is -2.08. The van der Waals surface area contributed by atoms with Crippen molar-refractivity contribution in [3.8, 4) is 0 Å². The van der Waals surface area contributed by atoms with E-state index in [1.165, 1.54) is 23.4 Å². The van der Waals surface area contributed by atoms with E-state index in [0.29, 0.717) is 0 Å². The molecule has 1 fully saturated rings. The zero-order valence-electron chi connectivity index (χ0n) is 8.62. The highest BCUT2D eigenvalue weighted by molar-refractivity contribution is 7.99. The highest BCUT2D eigenvalue weighted by Gasteiger charge is 2.15. The maximum atomic E-state index is 3.41. The number of hydrogen-bond donors (Lipinski definition) is 1. The topological polar surface area (TPSA) is 12.0 Å². The van der Waals surface area contributed by atoms with Crippen molar-refractivity contribution >= 4 is 11.8 Å². The zero-order valence-corrected chi connectivity index (χ0v) is 9.44. The fourth-order valence-corrected chi connectivity index (χ4v) is 2.60. The van der Waals surface area contributed by atoms with Gasteiger partial charge >= 0.3 is 0 Å². The van der Waals surface area contributed by atoms with Crippen molar-refractivity contribution in [1.29, 1.82) is 0 Å². The summed E-state index contributed by atoms with van der Waals surface area (Å²) in [5.41, 5.74) is 1.50. The third-order valence-electron chi connectivity index (χ3n) is 2.72. The summed E-state index contributed by atoms with van der Waals surface area (Å²) in [6.45, 7) is 4.52. The standard InChI is InChI=1S/C12H17NS/c1-2-14-12-5-3-10(4-6-12)11-7-8-13-9-11/h3-6,11,13H,2,7-9H2,1H3/t11-/m0/s1. The second-order valence-electron chi connectivity index (χ2n) is 3.69. The molecule has 0 amide bonds. The molecule has 1 nitrogen and oxygen atoms in total. The number of nitrogens with one attached hydrogen (secondary N) is 1. The maximum Gasteiger partial charge on any atom is 0.00720 e. The molecule has 0 aromatic heterocycles. The van der Waals surface area contributed by atoms with Crippen LogP contribution in [0.1, 0.15) is 24.8 Å². The second kappa shape index (κ2) is 4.85. The van der Waals surface area contributed by atoms with E-state index in [2.05, 4.69) is 36.5 Å². The summed E-state index contributed by atoms with van der Waals surface area (Å²) in [7, 11) is 0. The molecule has 1 heterocycles. The quantitative estimate of drug-likeness (QED) is 0.765. The van der Waals surface area contributed by atoms with Crippen molar-refractivity contribution in [3.05, 3.63) is 29.8 Å². The Morgan fingerprint density at radius 1 is 1.36 bits per heavy atom. The van der Waals surface area contributed by atoms with Gasteiger partial charge in [-0.2, -0.15) is 0 Å². The minimum absolute atomic E-state index is 0.746. The number of thioether (sulfide) groups is 1. The van der Waals surface area contributed by atoms with Crippen LogP contribution in [0, 0.1) is 0 Å². The van der Waals surface area contributed by atoms with Gasteiger partial charge < -0.3 is 5.32 Å². The van der Waals surface area contributed by atoms with Crippen LogP contribution < -0.4 is 5.32 Å². The monoisotopic (exact) mass is 207 g/mol. The summed E-state index contributed by atoms with van der Waals surface area (Å²) in [6.07, 6.45) is 1.29. The molecule has 2 heteroatoms. The van der Waals surface area contributed by atoms with E-state index in [-0.39, 0.29) is 0 Å². The third-order valence-corrected chi connectivity index (χ3v) is 3.62. The number of rotatable bonds is 3. The molecule has 1 aliphatic rings. The minimum Gasteiger partial charge on any atom is -0.316 e. The summed E-state index contributed by atoms with van der Waals surface area (Å²) in [4.78, 5) is 1.39. The molecule has 14 heavy (non-hydrogen) atoms. The van der Waals surface area contributed by atoms with Gasteiger partial charge in [-0.25, -0.2) is 0 Å². The largest absolute Gasteiger partial charge is 0.316 e. The van der Waals surface area contributed by atoms with Crippen molar-refractivity contribution in [2.75, 3.05) is 18.8 Å². The predicted octanol–water partition coefficient (Wildman–Crippen LogP) is 2.88. The molecule has 0 bridgehead atoms. The molecule has 76 valence electrons. The van der Waals surface area contributed by atoms with Crippen LogP contribution in [0.15, 0.2) is 29.2 Å². The SMILES string of the molecule is CCSc1ccc([C@H]2CCNC2)cc1. The van der Waals surface area contributed by atoms with Crippen LogP contribution >= 0.6 is 11.8 Å². The predicted molar refractivity (Wildman–Crippen MR) is 63.1 cm³/mol. The summed E-state index contributed by atoms with van der Waals surface area (Å²) < 4.78 is 0. The molecule has 0 saturated carbocycles. The van der Waals surface area contributed by atoms with Crippen LogP contribution in [0.3, 0.4) is 0 Å². The van der Waals surface area contributed by atoms with Gasteiger partial charge in [0.05, 0.1) is 0 Å². The summed E-state index contributed by atoms with van der Waals surface area (Å²) >= 11 is 1.91. The average Bonchev–Trinajstić information content (AvgIpc) is 2.72. The fraction of sp³-hybridized carbons (Fsp3) is 0.500. The first-order valence-electron chi connectivity index (χ1n) is 5.33. The number of hydrogen-bond acceptors (Lipinski definition) is 2. The normalized spacial score (nSPS) is 21.4. The Bertz CT molecular complexity index is 275. The maximum absolute atomic E-state index is 3.41. The van der Waals surface area contributed by atoms with Gasteiger partial charge in [-0.05, 0) is 42.3 Å². The molecule has 1 N–H and O–H groups in total. The molecule has 1 aromatic carbocycles. The van der Waals surface area contributed by atoms with Crippen LogP contribution in [0.2, 0.25) is 0 Å². The molecule has 0 unspecified atom stereocenters. The summed E-state index contributed by atoms with van der Waals surface area (Å²) in [5.74, 6) is 1.90. The first-order chi connectivity index (χ1) is 6.90. The Morgan fingerprint density at radius 2 is 2.14 bits per heavy atom. The molecule has 2 rings (SSSR count). The van der Waals surface area contributed by atoms with E-state index in [4.69, 9.17) is 0 Å². The highest BCUT2D eigenvalue weighted by Crippen LogP contribution is 2.25. The van der Waals surface area contributed by atoms with Crippen LogP contribution in [0.25, 0.3) is 0 Å². The molecular weight excluding hydrogens is 190 g/mol. The smallest absolute Gasteiger partial charge is 0.00720 e. The van der Waals surface area contributed by atoms with Crippen molar-refractivity contribution in [2.24, 2.45) is 0 Å². The molecule has 1 aromatic rings. The fourth-order valence-electron chi connectivity index (χ4n) is 1.94. The van der Waals surface area contributed by atoms with Gasteiger partial charge in [-0.3, -0.25) is 0 Å². The van der Waals surface area contributed by atoms with E-state index in [1.54, 1.807) is 0 Å². The first kappa shape index (κ1) is 10.1. The Labute approximate surface area is 90.3 Å². The average molecular weight is 207 g/mol. The Morgan fingerprint density at radius 3 is 2.71 bits per heavy atom. The van der Waals surface area contributed by atoms with Crippen molar-refractivity contribution < 1.29 is 0 Å². The lowest BCUT2D eigenvalue weighted by atomic mass is 9.99. The summed E-state index contributed by atoms with van der Waals surface area (Å²) in [5, 5.41) is 3.41. The van der Waals surface area contributed by atoms with E-state index >= 15 is 0 Å². The highest BCUT2D eigenvalue weighted by atomic mass is 32.2. The molecule has 1 atom stereocenters. The van der Waals surface area contributed by atoms with Crippen LogP contribution in [0.5, 0.6) is 0 Å². The molecule has 0 radical (unpaired) electrons. The number of benzene rings is 1. The van der Waals surface area contributed by atoms with Gasteiger partial charge in [-0.15, -0.1) is 11.8 Å². The van der Waals surface area contributed by atoms with Gasteiger partial charge in [0.1, 0.15) is 0 Å². The van der Waals surface area contributed by atoms with Crippen molar-refractivity contribution in [1.82, 2.24) is 5.32 Å². The van der Waals surface area contributed by atoms with E-state index in [1.807, 2.05) is 11.8 Å². The van der Waals surface area contributed by atoms with Gasteiger partial charge in [0, 0.05) is 11.4 Å². The van der Waals surface area contributed by atoms with Crippen molar-refractivity contribution in [2.45, 2.75) is 24.2 Å². The van der Waals surface area contributed by atoms with Crippen LogP contribution in [-0.4, -0.2) is 18.8 Å². The Hall–Kier alpha value is -0.470. The third kappa shape index (κ3) is 2.31. The van der Waals surface area contributed by atoms with E-state index in [9.17, 15) is 0 Å². The van der Waals surface area contributed by atoms with Crippen molar-refractivity contribution in [3.63, 3.8) is 0 Å². The zero-order chi connectivity index (χ0) is 9.80. The molecular formula is C12H17NS. The van der Waals surface area contributed by atoms with Gasteiger partial charge in [-0.1, -0.05) is 19.1 Å². The molecule has 1 saturated heterocycles. The Balaban J connectivity index is 2.05. The van der Waals surface area contributed by atoms with Crippen LogP contribution in [0.4, 0.5) is 0 Å². The molecule has 0 aliphatic carbocycles. The molecule has 1 aliphatic heterocycles. The van der Waals surface area contributed by atoms with Gasteiger partial charge in [0.2, 0.25) is 0 Å². The Kier molecular flexibility index (Phi) is 3.49. The van der Waals surface area contributed by atoms with Crippen LogP contribution in [-0.2, 0) is 0 Å². The van der Waals surface area contributed by atoms with Gasteiger partial charge in [0.15, 0.2) is 0 Å². The van der Waals surface area contributed by atoms with Gasteiger partial charge in [0.25, 0.3) is 0 Å². The van der Waals surface area contributed by atoms with E-state index in [0.717, 1.165) is 18.2 Å². The second-order valence-corrected chi connectivity index (χ2v) is 5.03.